The van der Waals surface area contributed by atoms with Crippen LogP contribution < -0.4 is 65.9 Å². The third-order valence-electron chi connectivity index (χ3n) is 11.0. The van der Waals surface area contributed by atoms with E-state index >= 15 is 0 Å². The number of aliphatic carboxylic acids is 1. The third-order valence-corrected chi connectivity index (χ3v) is 11.0. The Labute approximate surface area is 405 Å². The molecule has 11 atom stereocenters. The van der Waals surface area contributed by atoms with E-state index in [0.717, 1.165) is 13.8 Å². The maximum Gasteiger partial charge on any atom is 0.328 e. The molecule has 1 saturated heterocycles. The molecule has 1 rings (SSSR count). The van der Waals surface area contributed by atoms with Crippen LogP contribution in [0.1, 0.15) is 80.1 Å². The second-order valence-corrected chi connectivity index (χ2v) is 17.5. The Kier molecular flexibility index (Phi) is 26.6. The zero-order valence-corrected chi connectivity index (χ0v) is 40.4. The number of amides is 8. The van der Waals surface area contributed by atoms with Crippen molar-refractivity contribution in [1.82, 2.24) is 42.1 Å². The number of aliphatic hydroxyl groups is 4. The van der Waals surface area contributed by atoms with Gasteiger partial charge in [-0.05, 0) is 64.2 Å². The van der Waals surface area contributed by atoms with Crippen LogP contribution in [0.15, 0.2) is 9.98 Å². The van der Waals surface area contributed by atoms with Crippen molar-refractivity contribution in [3.8, 4) is 0 Å². The summed E-state index contributed by atoms with van der Waals surface area (Å²) in [6.07, 6.45) is -2.47. The molecule has 22 N–H and O–H groups in total. The SMILES string of the molecule is CC(C)[C@H](N)C(=O)N1CCC[C@H]1C(=O)N[C@@H](CCCN=C(N)N)C(=O)N[C@@H](CCCN=C(N)N)C(=O)N[C@@H](CO)C(=O)N[C@H](C(=O)N[C@@H](CO)C(=O)N[C@H](C(=O)N[C@H](C(=O)O)[C@@H](C)O)C(C)C)[C@@H](C)O. The van der Waals surface area contributed by atoms with E-state index in [1.54, 1.807) is 13.8 Å². The number of nitrogens with zero attached hydrogens (tertiary/aromatic N) is 3. The Morgan fingerprint density at radius 2 is 0.971 bits per heavy atom. The first-order chi connectivity index (χ1) is 32.7. The molecule has 1 aliphatic rings. The monoisotopic (exact) mass is 1000 g/mol. The van der Waals surface area contributed by atoms with Gasteiger partial charge in [-0.25, -0.2) is 4.79 Å². The first kappa shape index (κ1) is 61.6. The zero-order chi connectivity index (χ0) is 53.6. The predicted octanol–water partition coefficient (Wildman–Crippen LogP) is -8.05. The number of hydrogen-bond donors (Lipinski definition) is 17. The Morgan fingerprint density at radius 3 is 1.39 bits per heavy atom. The summed E-state index contributed by atoms with van der Waals surface area (Å²) in [6.45, 7) is 6.80. The second kappa shape index (κ2) is 30.2. The molecule has 0 aromatic rings. The van der Waals surface area contributed by atoms with Crippen molar-refractivity contribution in [3.05, 3.63) is 0 Å². The quantitative estimate of drug-likeness (QED) is 0.0180. The lowest BCUT2D eigenvalue weighted by Crippen LogP contribution is -2.63. The highest BCUT2D eigenvalue weighted by molar-refractivity contribution is 5.98. The van der Waals surface area contributed by atoms with Crippen LogP contribution in [0.4, 0.5) is 0 Å². The van der Waals surface area contributed by atoms with E-state index in [1.807, 2.05) is 0 Å². The van der Waals surface area contributed by atoms with Crippen molar-refractivity contribution in [2.24, 2.45) is 50.5 Å². The predicted molar refractivity (Wildman–Crippen MR) is 251 cm³/mol. The summed E-state index contributed by atoms with van der Waals surface area (Å²) in [5.74, 6) is -10.6. The average Bonchev–Trinajstić information content (AvgIpc) is 3.78. The number of carbonyl (C=O) groups is 9. The van der Waals surface area contributed by atoms with E-state index in [-0.39, 0.29) is 69.6 Å². The molecule has 0 aliphatic carbocycles. The van der Waals surface area contributed by atoms with Gasteiger partial charge in [-0.15, -0.1) is 0 Å². The maximum atomic E-state index is 14.0. The fraction of sp³-hybridized carbons (Fsp3) is 0.732. The molecule has 0 bridgehead atoms. The van der Waals surface area contributed by atoms with Crippen molar-refractivity contribution >= 4 is 65.1 Å². The summed E-state index contributed by atoms with van der Waals surface area (Å²) in [7, 11) is 0. The summed E-state index contributed by atoms with van der Waals surface area (Å²) in [5, 5.41) is 66.1. The summed E-state index contributed by atoms with van der Waals surface area (Å²) >= 11 is 0. The fourth-order valence-corrected chi connectivity index (χ4v) is 6.87. The van der Waals surface area contributed by atoms with Gasteiger partial charge in [0.05, 0.1) is 31.5 Å². The minimum absolute atomic E-state index is 0.0217. The van der Waals surface area contributed by atoms with Crippen LogP contribution in [0.2, 0.25) is 0 Å². The molecule has 0 aromatic carbocycles. The molecule has 1 aliphatic heterocycles. The molecule has 0 aromatic heterocycles. The van der Waals surface area contributed by atoms with E-state index in [2.05, 4.69) is 47.2 Å². The smallest absolute Gasteiger partial charge is 0.328 e. The normalized spacial score (nSPS) is 17.7. The van der Waals surface area contributed by atoms with Crippen LogP contribution in [0.3, 0.4) is 0 Å². The minimum atomic E-state index is -1.91. The number of nitrogens with one attached hydrogen (secondary N) is 7. The molecule has 0 saturated carbocycles. The highest BCUT2D eigenvalue weighted by Crippen LogP contribution is 2.20. The van der Waals surface area contributed by atoms with Gasteiger partial charge < -0.3 is 96.3 Å². The van der Waals surface area contributed by atoms with Crippen molar-refractivity contribution in [2.45, 2.75) is 147 Å². The van der Waals surface area contributed by atoms with E-state index in [1.165, 1.54) is 18.7 Å². The van der Waals surface area contributed by atoms with Crippen molar-refractivity contribution < 1.29 is 68.7 Å². The van der Waals surface area contributed by atoms with Crippen LogP contribution in [0.25, 0.3) is 0 Å². The molecule has 1 fully saturated rings. The van der Waals surface area contributed by atoms with Crippen LogP contribution in [-0.4, -0.2) is 195 Å². The lowest BCUT2D eigenvalue weighted by atomic mass is 10.0. The number of carboxylic acids is 1. The Balaban J connectivity index is 3.34. The summed E-state index contributed by atoms with van der Waals surface area (Å²) in [5.41, 5.74) is 27.9. The van der Waals surface area contributed by atoms with E-state index in [0.29, 0.717) is 6.42 Å². The van der Waals surface area contributed by atoms with Gasteiger partial charge in [0.1, 0.15) is 42.3 Å². The third kappa shape index (κ3) is 20.3. The Morgan fingerprint density at radius 1 is 0.571 bits per heavy atom. The largest absolute Gasteiger partial charge is 0.480 e. The fourth-order valence-electron chi connectivity index (χ4n) is 6.87. The van der Waals surface area contributed by atoms with Gasteiger partial charge in [0, 0.05) is 19.6 Å². The minimum Gasteiger partial charge on any atom is -0.480 e. The van der Waals surface area contributed by atoms with Gasteiger partial charge in [-0.2, -0.15) is 0 Å². The number of carboxylic acid groups (broad SMARTS) is 1. The summed E-state index contributed by atoms with van der Waals surface area (Å²) < 4.78 is 0. The van der Waals surface area contributed by atoms with Crippen molar-refractivity contribution in [1.29, 1.82) is 0 Å². The highest BCUT2D eigenvalue weighted by Gasteiger charge is 2.40. The molecule has 29 heteroatoms. The zero-order valence-electron chi connectivity index (χ0n) is 40.4. The van der Waals surface area contributed by atoms with Crippen LogP contribution in [-0.2, 0) is 43.2 Å². The lowest BCUT2D eigenvalue weighted by molar-refractivity contribution is -0.145. The molecule has 0 radical (unpaired) electrons. The number of likely N-dealkylation sites (tertiary alicyclic amines) is 1. The lowest BCUT2D eigenvalue weighted by Gasteiger charge is -2.30. The Bertz CT molecular complexity index is 1860. The number of carbonyl (C=O) groups excluding carboxylic acids is 8. The van der Waals surface area contributed by atoms with Crippen molar-refractivity contribution in [2.75, 3.05) is 32.8 Å². The molecule has 8 amide bonds. The van der Waals surface area contributed by atoms with E-state index < -0.39 is 139 Å². The van der Waals surface area contributed by atoms with E-state index in [9.17, 15) is 68.7 Å². The van der Waals surface area contributed by atoms with Crippen LogP contribution in [0, 0.1) is 11.8 Å². The molecule has 0 spiro atoms. The standard InChI is InChI=1S/C41H75N15O14/c1-18(2)27(42)38(68)56-15-9-12-26(56)35(65)50-23(11-8-14-48-41(45)46)31(61)49-22(10-7-13-47-40(43)44)32(62)51-24(16-57)34(64)54-29(20(5)59)37(67)52-25(17-58)33(63)53-28(19(3)4)36(66)55-30(21(6)60)39(69)70/h18-30,57-60H,7-17,42H2,1-6H3,(H,49,61)(H,50,65)(H,51,62)(H,52,67)(H,53,63)(H,54,64)(H,55,66)(H,69,70)(H4,43,44,47)(H4,45,46,48)/t20-,21-,22+,23+,24+,25+,26+,27+,28+,29+,30+/m1/s1. The number of aliphatic hydroxyl groups excluding tert-OH is 4. The average molecular weight is 1000 g/mol. The molecule has 1 heterocycles. The van der Waals surface area contributed by atoms with Gasteiger partial charge in [0.15, 0.2) is 18.0 Å². The molecule has 398 valence electrons. The Hall–Kier alpha value is -6.43. The van der Waals surface area contributed by atoms with Gasteiger partial charge in [-0.3, -0.25) is 48.3 Å². The molecule has 0 unspecified atom stereocenters. The molecular weight excluding hydrogens is 927 g/mol. The van der Waals surface area contributed by atoms with Gasteiger partial charge in [0.25, 0.3) is 0 Å². The molecule has 70 heavy (non-hydrogen) atoms. The second-order valence-electron chi connectivity index (χ2n) is 17.5. The van der Waals surface area contributed by atoms with Gasteiger partial charge >= 0.3 is 5.97 Å². The number of guanidine groups is 2. The van der Waals surface area contributed by atoms with Crippen LogP contribution >= 0.6 is 0 Å². The maximum absolute atomic E-state index is 14.0. The first-order valence-corrected chi connectivity index (χ1v) is 22.8. The number of rotatable bonds is 30. The number of nitrogens with two attached hydrogens (primary N) is 5. The summed E-state index contributed by atoms with van der Waals surface area (Å²) in [6, 6.07) is -13.4. The molecular formula is C41H75N15O14. The van der Waals surface area contributed by atoms with E-state index in [4.69, 9.17) is 28.7 Å². The number of aliphatic imine (C=N–C) groups is 2. The topological polar surface area (TPSA) is 497 Å². The van der Waals surface area contributed by atoms with Crippen LogP contribution in [0.5, 0.6) is 0 Å². The first-order valence-electron chi connectivity index (χ1n) is 22.8. The number of hydrogen-bond acceptors (Lipinski definition) is 16. The summed E-state index contributed by atoms with van der Waals surface area (Å²) in [4.78, 5) is 128. The highest BCUT2D eigenvalue weighted by atomic mass is 16.4. The van der Waals surface area contributed by atoms with Gasteiger partial charge in [0.2, 0.25) is 47.3 Å². The molecule has 29 nitrogen and oxygen atoms in total. The van der Waals surface area contributed by atoms with Crippen molar-refractivity contribution in [3.63, 3.8) is 0 Å². The van der Waals surface area contributed by atoms with Gasteiger partial charge in [-0.1, -0.05) is 27.7 Å².